The molecule has 0 fully saturated rings. The van der Waals surface area contributed by atoms with Crippen LogP contribution in [0.15, 0.2) is 46.9 Å². The first-order chi connectivity index (χ1) is 10.5. The summed E-state index contributed by atoms with van der Waals surface area (Å²) in [5.74, 6) is 0.215. The van der Waals surface area contributed by atoms with Gasteiger partial charge >= 0.3 is 0 Å². The molecule has 0 aliphatic heterocycles. The average Bonchev–Trinajstić information content (AvgIpc) is 2.90. The van der Waals surface area contributed by atoms with Gasteiger partial charge < -0.3 is 9.73 Å². The molecule has 0 saturated carbocycles. The number of rotatable bonds is 3. The Morgan fingerprint density at radius 1 is 1.23 bits per heavy atom. The van der Waals surface area contributed by atoms with E-state index in [9.17, 15) is 14.9 Å². The van der Waals surface area contributed by atoms with E-state index in [0.29, 0.717) is 28.2 Å². The molecule has 0 spiro atoms. The molecule has 3 rings (SSSR count). The molecule has 0 bridgehead atoms. The van der Waals surface area contributed by atoms with Crippen molar-refractivity contribution in [1.82, 2.24) is 4.98 Å². The van der Waals surface area contributed by atoms with Crippen molar-refractivity contribution in [3.8, 4) is 11.5 Å². The molecule has 1 amide bonds. The minimum Gasteiger partial charge on any atom is -0.436 e. The number of aromatic nitrogens is 1. The number of fused-ring (bicyclic) bond motifs is 1. The number of nitro groups is 1. The van der Waals surface area contributed by atoms with Crippen LogP contribution in [0.3, 0.4) is 0 Å². The molecule has 110 valence electrons. The fourth-order valence-corrected chi connectivity index (χ4v) is 2.05. The Balaban J connectivity index is 1.95. The standard InChI is InChI=1S/C15H11N3O4/c1-9(19)16-11-4-2-10(3-5-11)15-17-13-8-12(18(20)21)6-7-14(13)22-15/h2-8H,1H3,(H,16,19). The van der Waals surface area contributed by atoms with E-state index in [1.807, 2.05) is 0 Å². The molecule has 0 atom stereocenters. The minimum absolute atomic E-state index is 0.0339. The Morgan fingerprint density at radius 3 is 2.59 bits per heavy atom. The number of nitrogens with zero attached hydrogens (tertiary/aromatic N) is 2. The first-order valence-corrected chi connectivity index (χ1v) is 6.46. The molecule has 7 heteroatoms. The maximum absolute atomic E-state index is 11.0. The fraction of sp³-hybridized carbons (Fsp3) is 0.0667. The number of hydrogen-bond acceptors (Lipinski definition) is 5. The maximum Gasteiger partial charge on any atom is 0.271 e. The van der Waals surface area contributed by atoms with Crippen molar-refractivity contribution in [1.29, 1.82) is 0 Å². The van der Waals surface area contributed by atoms with Gasteiger partial charge in [0, 0.05) is 30.3 Å². The van der Waals surface area contributed by atoms with E-state index in [2.05, 4.69) is 10.3 Å². The highest BCUT2D eigenvalue weighted by Gasteiger charge is 2.12. The van der Waals surface area contributed by atoms with Gasteiger partial charge in [-0.3, -0.25) is 14.9 Å². The second kappa shape index (κ2) is 5.28. The van der Waals surface area contributed by atoms with E-state index in [0.717, 1.165) is 0 Å². The Hall–Kier alpha value is -3.22. The van der Waals surface area contributed by atoms with Gasteiger partial charge in [0.1, 0.15) is 5.52 Å². The summed E-state index contributed by atoms with van der Waals surface area (Å²) in [5, 5.41) is 13.4. The van der Waals surface area contributed by atoms with Crippen molar-refractivity contribution < 1.29 is 14.1 Å². The van der Waals surface area contributed by atoms with Gasteiger partial charge in [0.15, 0.2) is 5.58 Å². The van der Waals surface area contributed by atoms with E-state index < -0.39 is 4.92 Å². The number of carbonyl (C=O) groups excluding carboxylic acids is 1. The van der Waals surface area contributed by atoms with Gasteiger partial charge in [-0.1, -0.05) is 0 Å². The van der Waals surface area contributed by atoms with Crippen molar-refractivity contribution in [3.63, 3.8) is 0 Å². The van der Waals surface area contributed by atoms with Crippen LogP contribution in [0.2, 0.25) is 0 Å². The number of non-ortho nitro benzene ring substituents is 1. The number of nitro benzene ring substituents is 1. The first kappa shape index (κ1) is 13.7. The van der Waals surface area contributed by atoms with Crippen LogP contribution in [0.25, 0.3) is 22.6 Å². The summed E-state index contributed by atoms with van der Waals surface area (Å²) in [6.45, 7) is 1.43. The van der Waals surface area contributed by atoms with Crippen LogP contribution in [0.5, 0.6) is 0 Å². The molecular formula is C15H11N3O4. The Kier molecular flexibility index (Phi) is 3.30. The third-order valence-electron chi connectivity index (χ3n) is 3.03. The van der Waals surface area contributed by atoms with Crippen molar-refractivity contribution in [2.45, 2.75) is 6.92 Å². The minimum atomic E-state index is -0.476. The maximum atomic E-state index is 11.0. The molecule has 0 saturated heterocycles. The lowest BCUT2D eigenvalue weighted by atomic mass is 10.2. The van der Waals surface area contributed by atoms with Crippen LogP contribution in [0.1, 0.15) is 6.92 Å². The van der Waals surface area contributed by atoms with Crippen LogP contribution in [-0.2, 0) is 4.79 Å². The Labute approximate surface area is 124 Å². The topological polar surface area (TPSA) is 98.3 Å². The fourth-order valence-electron chi connectivity index (χ4n) is 2.05. The lowest BCUT2D eigenvalue weighted by Crippen LogP contribution is -2.05. The molecule has 3 aromatic rings. The van der Waals surface area contributed by atoms with E-state index >= 15 is 0 Å². The lowest BCUT2D eigenvalue weighted by molar-refractivity contribution is -0.384. The summed E-state index contributed by atoms with van der Waals surface area (Å²) in [5.41, 5.74) is 2.26. The van der Waals surface area contributed by atoms with E-state index in [-0.39, 0.29) is 11.6 Å². The van der Waals surface area contributed by atoms with Crippen molar-refractivity contribution in [2.75, 3.05) is 5.32 Å². The summed E-state index contributed by atoms with van der Waals surface area (Å²) in [7, 11) is 0. The number of benzene rings is 2. The third-order valence-corrected chi connectivity index (χ3v) is 3.03. The zero-order chi connectivity index (χ0) is 15.7. The number of amides is 1. The van der Waals surface area contributed by atoms with E-state index in [4.69, 9.17) is 4.42 Å². The Morgan fingerprint density at radius 2 is 1.95 bits per heavy atom. The highest BCUT2D eigenvalue weighted by Crippen LogP contribution is 2.27. The van der Waals surface area contributed by atoms with Crippen LogP contribution >= 0.6 is 0 Å². The largest absolute Gasteiger partial charge is 0.436 e. The molecule has 0 aliphatic carbocycles. The van der Waals surface area contributed by atoms with Gasteiger partial charge in [-0.05, 0) is 30.3 Å². The third kappa shape index (κ3) is 2.64. The highest BCUT2D eigenvalue weighted by molar-refractivity contribution is 5.89. The SMILES string of the molecule is CC(=O)Nc1ccc(-c2nc3cc([N+](=O)[O-])ccc3o2)cc1. The van der Waals surface area contributed by atoms with Crippen molar-refractivity contribution in [2.24, 2.45) is 0 Å². The molecule has 2 aromatic carbocycles. The smallest absolute Gasteiger partial charge is 0.271 e. The molecule has 1 heterocycles. The quantitative estimate of drug-likeness (QED) is 0.590. The van der Waals surface area contributed by atoms with Gasteiger partial charge in [-0.25, -0.2) is 4.98 Å². The normalized spacial score (nSPS) is 10.6. The van der Waals surface area contributed by atoms with E-state index in [1.165, 1.54) is 25.1 Å². The van der Waals surface area contributed by atoms with Crippen LogP contribution in [0, 0.1) is 10.1 Å². The number of hydrogen-bond donors (Lipinski definition) is 1. The first-order valence-electron chi connectivity index (χ1n) is 6.46. The summed E-state index contributed by atoms with van der Waals surface area (Å²) < 4.78 is 5.59. The molecule has 0 radical (unpaired) electrons. The number of nitrogens with one attached hydrogen (secondary N) is 1. The monoisotopic (exact) mass is 297 g/mol. The van der Waals surface area contributed by atoms with Crippen molar-refractivity contribution >= 4 is 28.4 Å². The van der Waals surface area contributed by atoms with Gasteiger partial charge in [0.25, 0.3) is 5.69 Å². The predicted octanol–water partition coefficient (Wildman–Crippen LogP) is 3.36. The number of anilines is 1. The number of carbonyl (C=O) groups is 1. The average molecular weight is 297 g/mol. The molecule has 7 nitrogen and oxygen atoms in total. The molecule has 22 heavy (non-hydrogen) atoms. The second-order valence-electron chi connectivity index (χ2n) is 4.69. The van der Waals surface area contributed by atoms with Gasteiger partial charge in [0.05, 0.1) is 4.92 Å². The zero-order valence-corrected chi connectivity index (χ0v) is 11.6. The lowest BCUT2D eigenvalue weighted by Gasteiger charge is -2.01. The molecule has 0 aliphatic rings. The summed E-state index contributed by atoms with van der Waals surface area (Å²) in [6.07, 6.45) is 0. The van der Waals surface area contributed by atoms with Crippen LogP contribution in [0.4, 0.5) is 11.4 Å². The van der Waals surface area contributed by atoms with Crippen LogP contribution < -0.4 is 5.32 Å². The van der Waals surface area contributed by atoms with Gasteiger partial charge in [-0.2, -0.15) is 0 Å². The number of oxazole rings is 1. The van der Waals surface area contributed by atoms with E-state index in [1.54, 1.807) is 24.3 Å². The molecule has 1 aromatic heterocycles. The predicted molar refractivity (Wildman–Crippen MR) is 80.4 cm³/mol. The van der Waals surface area contributed by atoms with Gasteiger partial charge in [0.2, 0.25) is 11.8 Å². The molecule has 1 N–H and O–H groups in total. The van der Waals surface area contributed by atoms with Gasteiger partial charge in [-0.15, -0.1) is 0 Å². The zero-order valence-electron chi connectivity index (χ0n) is 11.6. The summed E-state index contributed by atoms with van der Waals surface area (Å²) in [6, 6.07) is 11.2. The molecular weight excluding hydrogens is 286 g/mol. The Bertz CT molecular complexity index is 868. The molecule has 0 unspecified atom stereocenters. The summed E-state index contributed by atoms with van der Waals surface area (Å²) >= 11 is 0. The summed E-state index contributed by atoms with van der Waals surface area (Å²) in [4.78, 5) is 25.5. The second-order valence-corrected chi connectivity index (χ2v) is 4.69. The van der Waals surface area contributed by atoms with Crippen LogP contribution in [-0.4, -0.2) is 15.8 Å². The van der Waals surface area contributed by atoms with Crippen molar-refractivity contribution in [3.05, 3.63) is 52.6 Å². The highest BCUT2D eigenvalue weighted by atomic mass is 16.6.